The maximum atomic E-state index is 9.48. The molecule has 0 saturated heterocycles. The van der Waals surface area contributed by atoms with E-state index in [1.807, 2.05) is 36.6 Å². The van der Waals surface area contributed by atoms with Gasteiger partial charge in [0.05, 0.1) is 6.61 Å². The van der Waals surface area contributed by atoms with Crippen LogP contribution in [0.25, 0.3) is 0 Å². The van der Waals surface area contributed by atoms with Crippen LogP contribution in [0.15, 0.2) is 41.6 Å². The summed E-state index contributed by atoms with van der Waals surface area (Å²) < 4.78 is 5.62. The van der Waals surface area contributed by atoms with E-state index in [0.29, 0.717) is 18.4 Å². The second-order valence-corrected chi connectivity index (χ2v) is 5.12. The van der Waals surface area contributed by atoms with Crippen molar-refractivity contribution in [1.82, 2.24) is 9.97 Å². The van der Waals surface area contributed by atoms with Gasteiger partial charge in [-0.15, -0.1) is 0 Å². The fourth-order valence-corrected chi connectivity index (χ4v) is 2.19. The molecule has 0 amide bonds. The number of rotatable bonds is 7. The molecule has 0 aliphatic heterocycles. The molecule has 0 fully saturated rings. The Morgan fingerprint density at radius 2 is 2.00 bits per heavy atom. The van der Waals surface area contributed by atoms with Crippen molar-refractivity contribution in [1.29, 1.82) is 0 Å². The van der Waals surface area contributed by atoms with Crippen LogP contribution in [-0.4, -0.2) is 27.9 Å². The van der Waals surface area contributed by atoms with Crippen molar-refractivity contribution in [3.63, 3.8) is 0 Å². The topological polar surface area (TPSA) is 55.2 Å². The first-order chi connectivity index (χ1) is 9.78. The van der Waals surface area contributed by atoms with E-state index < -0.39 is 0 Å². The van der Waals surface area contributed by atoms with Crippen LogP contribution in [-0.2, 0) is 17.8 Å². The van der Waals surface area contributed by atoms with E-state index in [0.717, 1.165) is 18.5 Å². The lowest BCUT2D eigenvalue weighted by Gasteiger charge is -2.05. The number of benzene rings is 1. The average Bonchev–Trinajstić information content (AvgIpc) is 2.47. The zero-order valence-corrected chi connectivity index (χ0v) is 12.3. The lowest BCUT2D eigenvalue weighted by Crippen LogP contribution is -2.00. The van der Waals surface area contributed by atoms with Gasteiger partial charge in [0.15, 0.2) is 5.16 Å². The fraction of sp³-hybridized carbons (Fsp3) is 0.333. The van der Waals surface area contributed by atoms with Gasteiger partial charge in [0.25, 0.3) is 0 Å². The molecule has 1 aromatic carbocycles. The highest BCUT2D eigenvalue weighted by Crippen LogP contribution is 2.15. The minimum absolute atomic E-state index is 0.0320. The summed E-state index contributed by atoms with van der Waals surface area (Å²) in [5, 5.41) is 10.1. The van der Waals surface area contributed by atoms with Gasteiger partial charge in [0.2, 0.25) is 5.88 Å². The third-order valence-corrected chi connectivity index (χ3v) is 3.31. The quantitative estimate of drug-likeness (QED) is 0.482. The van der Waals surface area contributed by atoms with E-state index in [4.69, 9.17) is 4.74 Å². The molecule has 0 aliphatic rings. The van der Waals surface area contributed by atoms with Gasteiger partial charge in [-0.2, -0.15) is 4.98 Å². The molecule has 1 aromatic heterocycles. The Labute approximate surface area is 123 Å². The molecule has 5 heteroatoms. The maximum absolute atomic E-state index is 9.48. The van der Waals surface area contributed by atoms with Crippen LogP contribution < -0.4 is 0 Å². The minimum atomic E-state index is 0.0320. The summed E-state index contributed by atoms with van der Waals surface area (Å²) in [6.07, 6.45) is 3.54. The van der Waals surface area contributed by atoms with Gasteiger partial charge in [0.1, 0.15) is 0 Å². The zero-order chi connectivity index (χ0) is 14.2. The van der Waals surface area contributed by atoms with Crippen LogP contribution >= 0.6 is 11.8 Å². The summed E-state index contributed by atoms with van der Waals surface area (Å²) in [6, 6.07) is 11.7. The first-order valence-electron chi connectivity index (χ1n) is 6.50. The lowest BCUT2D eigenvalue weighted by atomic mass is 10.2. The Kier molecular flexibility index (Phi) is 5.83. The lowest BCUT2D eigenvalue weighted by molar-refractivity contribution is 0.118. The molecule has 0 radical (unpaired) electrons. The Bertz CT molecular complexity index is 535. The fourth-order valence-electron chi connectivity index (χ4n) is 1.80. The molecule has 0 bridgehead atoms. The van der Waals surface area contributed by atoms with Gasteiger partial charge in [-0.25, -0.2) is 4.98 Å². The van der Waals surface area contributed by atoms with E-state index in [1.54, 1.807) is 6.07 Å². The SMILES string of the molecule is CSc1nc(O)cc(CCCOCc2ccccc2)n1. The minimum Gasteiger partial charge on any atom is -0.493 e. The van der Waals surface area contributed by atoms with Gasteiger partial charge in [0, 0.05) is 18.4 Å². The number of ether oxygens (including phenoxy) is 1. The monoisotopic (exact) mass is 290 g/mol. The molecule has 0 aliphatic carbocycles. The standard InChI is InChI=1S/C15H18N2O2S/c1-20-15-16-13(10-14(18)17-15)8-5-9-19-11-12-6-3-2-4-7-12/h2-4,6-7,10H,5,8-9,11H2,1H3,(H,16,17,18). The van der Waals surface area contributed by atoms with Crippen molar-refractivity contribution < 1.29 is 9.84 Å². The predicted molar refractivity (Wildman–Crippen MR) is 79.9 cm³/mol. The summed E-state index contributed by atoms with van der Waals surface area (Å²) in [6.45, 7) is 1.31. The van der Waals surface area contributed by atoms with Crippen LogP contribution in [0.5, 0.6) is 5.88 Å². The molecule has 0 atom stereocenters. The highest BCUT2D eigenvalue weighted by atomic mass is 32.2. The van der Waals surface area contributed by atoms with Gasteiger partial charge in [-0.3, -0.25) is 0 Å². The second kappa shape index (κ2) is 7.87. The molecule has 20 heavy (non-hydrogen) atoms. The molecule has 1 N–H and O–H groups in total. The molecule has 1 heterocycles. The van der Waals surface area contributed by atoms with Gasteiger partial charge in [-0.05, 0) is 24.7 Å². The van der Waals surface area contributed by atoms with Crippen LogP contribution in [0.2, 0.25) is 0 Å². The number of hydrogen-bond acceptors (Lipinski definition) is 5. The first kappa shape index (κ1) is 14.8. The number of thioether (sulfide) groups is 1. The Morgan fingerprint density at radius 1 is 1.20 bits per heavy atom. The van der Waals surface area contributed by atoms with Gasteiger partial charge >= 0.3 is 0 Å². The second-order valence-electron chi connectivity index (χ2n) is 4.35. The summed E-state index contributed by atoms with van der Waals surface area (Å²) in [4.78, 5) is 8.26. The van der Waals surface area contributed by atoms with Crippen molar-refractivity contribution >= 4 is 11.8 Å². The molecule has 0 saturated carbocycles. The Morgan fingerprint density at radius 3 is 2.75 bits per heavy atom. The van der Waals surface area contributed by atoms with E-state index >= 15 is 0 Å². The third kappa shape index (κ3) is 4.83. The Hall–Kier alpha value is -1.59. The van der Waals surface area contributed by atoms with Crippen LogP contribution in [0, 0.1) is 0 Å². The van der Waals surface area contributed by atoms with Crippen LogP contribution in [0.3, 0.4) is 0 Å². The van der Waals surface area contributed by atoms with Crippen molar-refractivity contribution in [3.8, 4) is 5.88 Å². The van der Waals surface area contributed by atoms with Gasteiger partial charge in [-0.1, -0.05) is 42.1 Å². The molecule has 2 aromatic rings. The first-order valence-corrected chi connectivity index (χ1v) is 7.73. The normalized spacial score (nSPS) is 10.7. The number of aryl methyl sites for hydroxylation is 1. The summed E-state index contributed by atoms with van der Waals surface area (Å²) in [7, 11) is 0. The number of aromatic hydroxyl groups is 1. The van der Waals surface area contributed by atoms with E-state index in [9.17, 15) is 5.11 Å². The summed E-state index contributed by atoms with van der Waals surface area (Å²) in [5.41, 5.74) is 2.03. The smallest absolute Gasteiger partial charge is 0.215 e. The highest BCUT2D eigenvalue weighted by Gasteiger charge is 2.03. The third-order valence-electron chi connectivity index (χ3n) is 2.76. The summed E-state index contributed by atoms with van der Waals surface area (Å²) >= 11 is 1.42. The number of nitrogens with zero attached hydrogens (tertiary/aromatic N) is 2. The number of hydrogen-bond donors (Lipinski definition) is 1. The molecule has 4 nitrogen and oxygen atoms in total. The highest BCUT2D eigenvalue weighted by molar-refractivity contribution is 7.98. The molecule has 2 rings (SSSR count). The van der Waals surface area contributed by atoms with Crippen LogP contribution in [0.4, 0.5) is 0 Å². The van der Waals surface area contributed by atoms with E-state index in [-0.39, 0.29) is 5.88 Å². The molecule has 0 spiro atoms. The summed E-state index contributed by atoms with van der Waals surface area (Å²) in [5.74, 6) is 0.0320. The molecular weight excluding hydrogens is 272 g/mol. The average molecular weight is 290 g/mol. The van der Waals surface area contributed by atoms with Gasteiger partial charge < -0.3 is 9.84 Å². The largest absolute Gasteiger partial charge is 0.493 e. The molecule has 0 unspecified atom stereocenters. The molecule has 106 valence electrons. The molecular formula is C15H18N2O2S. The van der Waals surface area contributed by atoms with E-state index in [2.05, 4.69) is 9.97 Å². The van der Waals surface area contributed by atoms with Crippen molar-refractivity contribution in [2.45, 2.75) is 24.6 Å². The maximum Gasteiger partial charge on any atom is 0.215 e. The van der Waals surface area contributed by atoms with E-state index in [1.165, 1.54) is 17.3 Å². The Balaban J connectivity index is 1.72. The van der Waals surface area contributed by atoms with Crippen molar-refractivity contribution in [3.05, 3.63) is 47.7 Å². The van der Waals surface area contributed by atoms with Crippen molar-refractivity contribution in [2.75, 3.05) is 12.9 Å². The number of aromatic nitrogens is 2. The predicted octanol–water partition coefficient (Wildman–Crippen LogP) is 3.05. The zero-order valence-electron chi connectivity index (χ0n) is 11.5. The van der Waals surface area contributed by atoms with Crippen molar-refractivity contribution in [2.24, 2.45) is 0 Å². The van der Waals surface area contributed by atoms with Crippen LogP contribution in [0.1, 0.15) is 17.7 Å².